The molecule has 0 bridgehead atoms. The lowest BCUT2D eigenvalue weighted by Gasteiger charge is -2.28. The highest BCUT2D eigenvalue weighted by Gasteiger charge is 2.35. The molecule has 8 heteroatoms. The summed E-state index contributed by atoms with van der Waals surface area (Å²) < 4.78 is 13.4. The number of carbonyl (C=O) groups is 2. The first-order valence-corrected chi connectivity index (χ1v) is 8.72. The summed E-state index contributed by atoms with van der Waals surface area (Å²) in [6.07, 6.45) is -1.11. The van der Waals surface area contributed by atoms with Gasteiger partial charge >= 0.3 is 0 Å². The van der Waals surface area contributed by atoms with E-state index in [1.165, 1.54) is 4.90 Å². The van der Waals surface area contributed by atoms with Crippen molar-refractivity contribution in [2.45, 2.75) is 38.0 Å². The molecule has 1 aliphatic heterocycles. The topological polar surface area (TPSA) is 85.2 Å². The third kappa shape index (κ3) is 5.16. The summed E-state index contributed by atoms with van der Waals surface area (Å²) in [6.45, 7) is 3.83. The normalized spacial score (nSPS) is 19.9. The molecule has 1 unspecified atom stereocenters. The summed E-state index contributed by atoms with van der Waals surface area (Å²) >= 11 is 6.00. The molecule has 1 heterocycles. The minimum Gasteiger partial charge on any atom is -0.350 e. The molecule has 0 aliphatic carbocycles. The number of hydrogen-bond acceptors (Lipinski definition) is 4. The molecule has 6 nitrogen and oxygen atoms in total. The van der Waals surface area contributed by atoms with Gasteiger partial charge in [-0.3, -0.25) is 9.59 Å². The van der Waals surface area contributed by atoms with Crippen molar-refractivity contribution in [3.8, 4) is 6.07 Å². The molecule has 0 spiro atoms. The highest BCUT2D eigenvalue weighted by Crippen LogP contribution is 2.20. The number of hydrogen-bond donors (Lipinski definition) is 2. The molecule has 2 rings (SSSR count). The number of halogens is 2. The van der Waals surface area contributed by atoms with Gasteiger partial charge in [0.25, 0.3) is 5.91 Å². The molecule has 1 saturated heterocycles. The Hall–Kier alpha value is -2.17. The second-order valence-electron chi connectivity index (χ2n) is 6.92. The van der Waals surface area contributed by atoms with E-state index in [0.717, 1.165) is 0 Å². The molecule has 2 N–H and O–H groups in total. The zero-order chi connectivity index (χ0) is 19.3. The van der Waals surface area contributed by atoms with E-state index in [1.807, 2.05) is 19.9 Å². The molecule has 140 valence electrons. The van der Waals surface area contributed by atoms with Crippen LogP contribution in [0.4, 0.5) is 4.39 Å². The number of nitriles is 1. The Morgan fingerprint density at radius 2 is 2.12 bits per heavy atom. The molecule has 2 atom stereocenters. The third-order valence-electron chi connectivity index (χ3n) is 4.25. The van der Waals surface area contributed by atoms with Crippen LogP contribution in [0.1, 0.15) is 30.6 Å². The van der Waals surface area contributed by atoms with E-state index in [2.05, 4.69) is 10.6 Å². The van der Waals surface area contributed by atoms with Crippen molar-refractivity contribution >= 4 is 23.4 Å². The predicted octanol–water partition coefficient (Wildman–Crippen LogP) is 1.90. The number of benzene rings is 1. The number of carbonyl (C=O) groups excluding carboxylic acids is 2. The second kappa shape index (κ2) is 8.47. The first kappa shape index (κ1) is 20.1. The van der Waals surface area contributed by atoms with Gasteiger partial charge in [0.1, 0.15) is 12.2 Å². The highest BCUT2D eigenvalue weighted by molar-refractivity contribution is 6.33. The molecular formula is C18H22ClFN4O2. The summed E-state index contributed by atoms with van der Waals surface area (Å²) in [5.41, 5.74) is -0.201. The van der Waals surface area contributed by atoms with Gasteiger partial charge in [-0.05, 0) is 26.0 Å². The van der Waals surface area contributed by atoms with Gasteiger partial charge in [0.05, 0.1) is 29.7 Å². The van der Waals surface area contributed by atoms with Gasteiger partial charge in [-0.2, -0.15) is 5.26 Å². The van der Waals surface area contributed by atoms with Crippen LogP contribution in [0.5, 0.6) is 0 Å². The van der Waals surface area contributed by atoms with E-state index in [4.69, 9.17) is 16.9 Å². The number of likely N-dealkylation sites (tertiary alicyclic amines) is 1. The van der Waals surface area contributed by atoms with Crippen LogP contribution in [-0.2, 0) is 4.79 Å². The van der Waals surface area contributed by atoms with Crippen molar-refractivity contribution in [1.29, 1.82) is 5.26 Å². The number of nitrogens with zero attached hydrogens (tertiary/aromatic N) is 2. The Balaban J connectivity index is 1.85. The summed E-state index contributed by atoms with van der Waals surface area (Å²) in [6, 6.07) is 7.97. The number of alkyl halides is 1. The van der Waals surface area contributed by atoms with E-state index in [-0.39, 0.29) is 37.9 Å². The van der Waals surface area contributed by atoms with E-state index in [9.17, 15) is 14.0 Å². The molecule has 1 aromatic rings. The zero-order valence-corrected chi connectivity index (χ0v) is 15.5. The molecule has 26 heavy (non-hydrogen) atoms. The molecule has 0 aromatic heterocycles. The fraction of sp³-hybridized carbons (Fsp3) is 0.500. The van der Waals surface area contributed by atoms with E-state index >= 15 is 0 Å². The highest BCUT2D eigenvalue weighted by atomic mass is 35.5. The van der Waals surface area contributed by atoms with E-state index in [0.29, 0.717) is 10.6 Å². The van der Waals surface area contributed by atoms with Crippen molar-refractivity contribution in [2.75, 3.05) is 19.6 Å². The van der Waals surface area contributed by atoms with Gasteiger partial charge in [-0.1, -0.05) is 23.7 Å². The molecule has 2 amide bonds. The Bertz CT molecular complexity index is 719. The lowest BCUT2D eigenvalue weighted by Crippen LogP contribution is -2.52. The maximum atomic E-state index is 13.4. The van der Waals surface area contributed by atoms with Gasteiger partial charge in [-0.15, -0.1) is 0 Å². The maximum absolute atomic E-state index is 13.4. The fourth-order valence-electron chi connectivity index (χ4n) is 2.70. The summed E-state index contributed by atoms with van der Waals surface area (Å²) in [5, 5.41) is 15.2. The standard InChI is InChI=1S/C18H22ClFN4O2/c1-18(2,11-22-17(26)14-5-3-4-6-15(14)19)23-9-16(25)24-10-12(20)7-13(24)8-21/h3-6,12-13,23H,7,9-11H2,1-2H3,(H,22,26)/t12-,13?/m0/s1. The average molecular weight is 381 g/mol. The van der Waals surface area contributed by atoms with Crippen LogP contribution in [0.15, 0.2) is 24.3 Å². The number of amides is 2. The smallest absolute Gasteiger partial charge is 0.252 e. The van der Waals surface area contributed by atoms with Gasteiger partial charge in [0.15, 0.2) is 0 Å². The fourth-order valence-corrected chi connectivity index (χ4v) is 2.93. The SMILES string of the molecule is CC(C)(CNC(=O)c1ccccc1Cl)NCC(=O)N1C[C@@H](F)CC1C#N. The van der Waals surface area contributed by atoms with Gasteiger partial charge in [0.2, 0.25) is 5.91 Å². The zero-order valence-electron chi connectivity index (χ0n) is 14.8. The lowest BCUT2D eigenvalue weighted by atomic mass is 10.1. The van der Waals surface area contributed by atoms with E-state index < -0.39 is 17.8 Å². The number of rotatable bonds is 6. The summed E-state index contributed by atoms with van der Waals surface area (Å²) in [5.74, 6) is -0.636. The van der Waals surface area contributed by atoms with Crippen LogP contribution in [0.25, 0.3) is 0 Å². The van der Waals surface area contributed by atoms with Crippen LogP contribution < -0.4 is 10.6 Å². The van der Waals surface area contributed by atoms with Crippen LogP contribution in [0, 0.1) is 11.3 Å². The summed E-state index contributed by atoms with van der Waals surface area (Å²) in [7, 11) is 0. The molecule has 1 fully saturated rings. The quantitative estimate of drug-likeness (QED) is 0.789. The van der Waals surface area contributed by atoms with Crippen molar-refractivity contribution in [3.05, 3.63) is 34.9 Å². The largest absolute Gasteiger partial charge is 0.350 e. The van der Waals surface area contributed by atoms with Crippen molar-refractivity contribution in [1.82, 2.24) is 15.5 Å². The van der Waals surface area contributed by atoms with Gasteiger partial charge in [0, 0.05) is 18.5 Å². The van der Waals surface area contributed by atoms with E-state index in [1.54, 1.807) is 24.3 Å². The monoisotopic (exact) mass is 380 g/mol. The average Bonchev–Trinajstić information content (AvgIpc) is 2.99. The Labute approximate surface area is 157 Å². The first-order chi connectivity index (χ1) is 12.2. The Morgan fingerprint density at radius 3 is 2.77 bits per heavy atom. The van der Waals surface area contributed by atoms with Crippen molar-refractivity contribution in [3.63, 3.8) is 0 Å². The van der Waals surface area contributed by atoms with Crippen LogP contribution in [-0.4, -0.2) is 54.1 Å². The molecule has 1 aliphatic rings. The van der Waals surface area contributed by atoms with Crippen LogP contribution in [0.2, 0.25) is 5.02 Å². The molecular weight excluding hydrogens is 359 g/mol. The second-order valence-corrected chi connectivity index (χ2v) is 7.33. The third-order valence-corrected chi connectivity index (χ3v) is 4.58. The molecule has 0 saturated carbocycles. The Kier molecular flexibility index (Phi) is 6.57. The maximum Gasteiger partial charge on any atom is 0.252 e. The van der Waals surface area contributed by atoms with Crippen molar-refractivity contribution < 1.29 is 14.0 Å². The predicted molar refractivity (Wildman–Crippen MR) is 96.5 cm³/mol. The minimum atomic E-state index is -1.16. The lowest BCUT2D eigenvalue weighted by molar-refractivity contribution is -0.130. The molecule has 0 radical (unpaired) electrons. The molecule has 1 aromatic carbocycles. The summed E-state index contributed by atoms with van der Waals surface area (Å²) in [4.78, 5) is 25.7. The van der Waals surface area contributed by atoms with Gasteiger partial charge < -0.3 is 15.5 Å². The van der Waals surface area contributed by atoms with Crippen LogP contribution >= 0.6 is 11.6 Å². The minimum absolute atomic E-state index is 0.0418. The van der Waals surface area contributed by atoms with Gasteiger partial charge in [-0.25, -0.2) is 4.39 Å². The Morgan fingerprint density at radius 1 is 1.42 bits per heavy atom. The van der Waals surface area contributed by atoms with Crippen LogP contribution in [0.3, 0.4) is 0 Å². The first-order valence-electron chi connectivity index (χ1n) is 8.34. The number of nitrogens with one attached hydrogen (secondary N) is 2. The van der Waals surface area contributed by atoms with Crippen molar-refractivity contribution in [2.24, 2.45) is 0 Å².